The summed E-state index contributed by atoms with van der Waals surface area (Å²) in [6, 6.07) is 12.0. The molecule has 1 N–H and O–H groups in total. The lowest BCUT2D eigenvalue weighted by atomic mass is 10.1. The summed E-state index contributed by atoms with van der Waals surface area (Å²) in [4.78, 5) is 17.1. The third kappa shape index (κ3) is 7.51. The van der Waals surface area contributed by atoms with Crippen LogP contribution in [0.5, 0.6) is 0 Å². The van der Waals surface area contributed by atoms with Gasteiger partial charge in [-0.25, -0.2) is 9.78 Å². The second kappa shape index (κ2) is 12.1. The topological polar surface area (TPSA) is 116 Å². The van der Waals surface area contributed by atoms with Crippen LogP contribution >= 0.6 is 0 Å². The number of hydrogen-bond acceptors (Lipinski definition) is 8. The largest absolute Gasteiger partial charge is 0.462 e. The molecule has 3 rings (SSSR count). The van der Waals surface area contributed by atoms with Crippen LogP contribution in [-0.4, -0.2) is 56.5 Å². The summed E-state index contributed by atoms with van der Waals surface area (Å²) in [7, 11) is -6.12. The van der Waals surface area contributed by atoms with E-state index in [1.807, 2.05) is 0 Å². The SMILES string of the molecule is CCOC(=O)c1ccc2nc(CO[Si](C)(C)C(C)(C)C)c(CC(CO)OS(=O)(=O)Cc3ccccc3)n2c1. The number of aliphatic hydroxyl groups is 1. The Morgan fingerprint density at radius 2 is 1.82 bits per heavy atom. The highest BCUT2D eigenvalue weighted by Gasteiger charge is 2.37. The number of hydrogen-bond donors (Lipinski definition) is 1. The van der Waals surface area contributed by atoms with Gasteiger partial charge in [-0.1, -0.05) is 51.1 Å². The van der Waals surface area contributed by atoms with Crippen LogP contribution in [0, 0.1) is 0 Å². The number of carbonyl (C=O) groups is 1. The molecule has 11 heteroatoms. The van der Waals surface area contributed by atoms with E-state index < -0.39 is 37.1 Å². The molecule has 0 amide bonds. The first-order valence-corrected chi connectivity index (χ1v) is 17.1. The van der Waals surface area contributed by atoms with Crippen molar-refractivity contribution < 1.29 is 31.7 Å². The predicted molar refractivity (Wildman–Crippen MR) is 148 cm³/mol. The number of benzene rings is 1. The number of aromatic nitrogens is 2. The third-order valence-corrected chi connectivity index (χ3v) is 12.5. The fourth-order valence-corrected chi connectivity index (χ4v) is 5.78. The van der Waals surface area contributed by atoms with Crippen molar-refractivity contribution in [1.29, 1.82) is 0 Å². The van der Waals surface area contributed by atoms with Gasteiger partial charge in [0.15, 0.2) is 8.32 Å². The van der Waals surface area contributed by atoms with Crippen LogP contribution in [0.25, 0.3) is 5.65 Å². The van der Waals surface area contributed by atoms with E-state index >= 15 is 0 Å². The molecule has 38 heavy (non-hydrogen) atoms. The Hall–Kier alpha value is -2.57. The zero-order valence-corrected chi connectivity index (χ0v) is 24.7. The maximum absolute atomic E-state index is 12.8. The maximum atomic E-state index is 12.8. The van der Waals surface area contributed by atoms with Crippen molar-refractivity contribution in [1.82, 2.24) is 9.38 Å². The van der Waals surface area contributed by atoms with Gasteiger partial charge in [0.05, 0.1) is 36.8 Å². The molecular formula is C27H38N2O7SSi. The molecule has 0 radical (unpaired) electrons. The predicted octanol–water partition coefficient (Wildman–Crippen LogP) is 4.48. The van der Waals surface area contributed by atoms with E-state index in [1.165, 1.54) is 0 Å². The number of carbonyl (C=O) groups excluding carboxylic acids is 1. The third-order valence-electron chi connectivity index (χ3n) is 6.78. The van der Waals surface area contributed by atoms with Crippen molar-refractivity contribution >= 4 is 30.1 Å². The molecule has 0 fully saturated rings. The van der Waals surface area contributed by atoms with Gasteiger partial charge in [-0.3, -0.25) is 4.18 Å². The van der Waals surface area contributed by atoms with E-state index in [9.17, 15) is 18.3 Å². The summed E-state index contributed by atoms with van der Waals surface area (Å²) in [6.45, 7) is 12.3. The average Bonchev–Trinajstić information content (AvgIpc) is 3.18. The van der Waals surface area contributed by atoms with Gasteiger partial charge in [0.2, 0.25) is 0 Å². The lowest BCUT2D eigenvalue weighted by Crippen LogP contribution is -2.40. The highest BCUT2D eigenvalue weighted by molar-refractivity contribution is 7.85. The van der Waals surface area contributed by atoms with E-state index in [-0.39, 0.29) is 30.4 Å². The summed E-state index contributed by atoms with van der Waals surface area (Å²) < 4.78 is 44.3. The number of esters is 1. The lowest BCUT2D eigenvalue weighted by Gasteiger charge is -2.36. The molecule has 9 nitrogen and oxygen atoms in total. The van der Waals surface area contributed by atoms with Crippen molar-refractivity contribution in [3.05, 3.63) is 71.2 Å². The van der Waals surface area contributed by atoms with Gasteiger partial charge in [0.25, 0.3) is 10.1 Å². The van der Waals surface area contributed by atoms with Crippen molar-refractivity contribution in [3.63, 3.8) is 0 Å². The molecule has 2 aromatic heterocycles. The van der Waals surface area contributed by atoms with Crippen molar-refractivity contribution in [2.45, 2.75) is 70.7 Å². The Bertz CT molecular complexity index is 1350. The van der Waals surface area contributed by atoms with E-state index in [4.69, 9.17) is 18.3 Å². The van der Waals surface area contributed by atoms with E-state index in [2.05, 4.69) is 33.9 Å². The van der Waals surface area contributed by atoms with Crippen LogP contribution < -0.4 is 0 Å². The molecule has 208 valence electrons. The molecule has 1 aromatic carbocycles. The van der Waals surface area contributed by atoms with Crippen LogP contribution in [0.1, 0.15) is 55.0 Å². The fourth-order valence-electron chi connectivity index (χ4n) is 3.64. The molecule has 1 atom stereocenters. The highest BCUT2D eigenvalue weighted by atomic mass is 32.2. The number of aliphatic hydroxyl groups excluding tert-OH is 1. The van der Waals surface area contributed by atoms with Crippen LogP contribution in [0.4, 0.5) is 0 Å². The minimum Gasteiger partial charge on any atom is -0.462 e. The molecule has 0 saturated heterocycles. The van der Waals surface area contributed by atoms with E-state index in [0.717, 1.165) is 0 Å². The molecule has 0 saturated carbocycles. The van der Waals surface area contributed by atoms with Crippen LogP contribution in [-0.2, 0) is 42.2 Å². The smallest absolute Gasteiger partial charge is 0.339 e. The first kappa shape index (κ1) is 30.0. The van der Waals surface area contributed by atoms with Gasteiger partial charge in [0, 0.05) is 12.6 Å². The molecule has 1 unspecified atom stereocenters. The quantitative estimate of drug-likeness (QED) is 0.195. The minimum atomic E-state index is -3.99. The van der Waals surface area contributed by atoms with Crippen LogP contribution in [0.15, 0.2) is 48.7 Å². The highest BCUT2D eigenvalue weighted by Crippen LogP contribution is 2.37. The molecule has 3 aromatic rings. The Balaban J connectivity index is 1.96. The van der Waals surface area contributed by atoms with Crippen molar-refractivity contribution in [2.24, 2.45) is 0 Å². The monoisotopic (exact) mass is 562 g/mol. The number of fused-ring (bicyclic) bond motifs is 1. The van der Waals surface area contributed by atoms with Gasteiger partial charge >= 0.3 is 5.97 Å². The molecule has 0 aliphatic rings. The summed E-state index contributed by atoms with van der Waals surface area (Å²) in [5.74, 6) is -0.792. The summed E-state index contributed by atoms with van der Waals surface area (Å²) in [5, 5.41) is 10.1. The van der Waals surface area contributed by atoms with Crippen molar-refractivity contribution in [3.8, 4) is 0 Å². The number of imidazole rings is 1. The van der Waals surface area contributed by atoms with Gasteiger partial charge in [-0.05, 0) is 42.8 Å². The zero-order valence-electron chi connectivity index (χ0n) is 22.9. The van der Waals surface area contributed by atoms with Crippen LogP contribution in [0.3, 0.4) is 0 Å². The Labute approximate surface area is 226 Å². The summed E-state index contributed by atoms with van der Waals surface area (Å²) >= 11 is 0. The first-order chi connectivity index (χ1) is 17.8. The Morgan fingerprint density at radius 3 is 2.42 bits per heavy atom. The lowest BCUT2D eigenvalue weighted by molar-refractivity contribution is 0.0525. The molecule has 0 aliphatic heterocycles. The minimum absolute atomic E-state index is 0.0222. The normalized spacial score (nSPS) is 13.6. The average molecular weight is 563 g/mol. The van der Waals surface area contributed by atoms with Gasteiger partial charge in [0.1, 0.15) is 17.5 Å². The maximum Gasteiger partial charge on any atom is 0.339 e. The van der Waals surface area contributed by atoms with Crippen LogP contribution in [0.2, 0.25) is 18.1 Å². The van der Waals surface area contributed by atoms with Gasteiger partial charge < -0.3 is 18.7 Å². The van der Waals surface area contributed by atoms with Crippen molar-refractivity contribution in [2.75, 3.05) is 13.2 Å². The summed E-state index contributed by atoms with van der Waals surface area (Å²) in [5.41, 5.74) is 2.66. The molecule has 2 heterocycles. The molecule has 0 aliphatic carbocycles. The zero-order chi connectivity index (χ0) is 28.1. The number of nitrogens with zero attached hydrogens (tertiary/aromatic N) is 2. The fraction of sp³-hybridized carbons (Fsp3) is 0.481. The van der Waals surface area contributed by atoms with Gasteiger partial charge in [-0.2, -0.15) is 8.42 Å². The standard InChI is InChI=1S/C27H38N2O7SSi/c1-7-34-26(31)21-13-14-25-28-23(18-35-38(5,6)27(2,3)4)24(29(25)16-21)15-22(17-30)36-37(32,33)19-20-11-9-8-10-12-20/h8-14,16,22,30H,7,15,17-19H2,1-6H3. The first-order valence-electron chi connectivity index (χ1n) is 12.6. The Morgan fingerprint density at radius 1 is 1.13 bits per heavy atom. The van der Waals surface area contributed by atoms with Gasteiger partial charge in [-0.15, -0.1) is 0 Å². The van der Waals surface area contributed by atoms with E-state index in [0.29, 0.717) is 28.2 Å². The second-order valence-corrected chi connectivity index (χ2v) is 17.1. The molecule has 0 bridgehead atoms. The number of ether oxygens (including phenoxy) is 1. The number of pyridine rings is 1. The molecule has 0 spiro atoms. The molecular weight excluding hydrogens is 524 g/mol. The number of rotatable bonds is 12. The van der Waals surface area contributed by atoms with E-state index in [1.54, 1.807) is 60.0 Å². The Kier molecular flexibility index (Phi) is 9.53. The second-order valence-electron chi connectivity index (χ2n) is 10.7. The summed E-state index contributed by atoms with van der Waals surface area (Å²) in [6.07, 6.45) is 0.591.